The van der Waals surface area contributed by atoms with Crippen molar-refractivity contribution >= 4 is 5.97 Å². The number of hydrogen-bond donors (Lipinski definition) is 0. The molecule has 0 radical (unpaired) electrons. The van der Waals surface area contributed by atoms with Gasteiger partial charge < -0.3 is 9.57 Å². The summed E-state index contributed by atoms with van der Waals surface area (Å²) in [6.07, 6.45) is -3.02. The Morgan fingerprint density at radius 2 is 1.84 bits per heavy atom. The topological polar surface area (TPSA) is 38.8 Å². The number of halogens is 3. The number of rotatable bonds is 4. The van der Waals surface area contributed by atoms with Crippen LogP contribution in [-0.4, -0.2) is 43.0 Å². The summed E-state index contributed by atoms with van der Waals surface area (Å²) < 4.78 is 41.7. The van der Waals surface area contributed by atoms with Crippen LogP contribution in [0.4, 0.5) is 13.2 Å². The van der Waals surface area contributed by atoms with Crippen LogP contribution < -0.4 is 0 Å². The van der Waals surface area contributed by atoms with Gasteiger partial charge in [-0.3, -0.25) is 0 Å². The lowest BCUT2D eigenvalue weighted by atomic mass is 9.84. The Balaban J connectivity index is 2.50. The van der Waals surface area contributed by atoms with Gasteiger partial charge in [0, 0.05) is 20.2 Å². The van der Waals surface area contributed by atoms with Crippen molar-refractivity contribution in [2.24, 2.45) is 5.92 Å². The summed E-state index contributed by atoms with van der Waals surface area (Å²) in [5.74, 6) is -1.73. The van der Waals surface area contributed by atoms with Gasteiger partial charge in [-0.05, 0) is 25.2 Å². The predicted molar refractivity (Wildman–Crippen MR) is 62.1 cm³/mol. The number of hydroxylamine groups is 2. The lowest BCUT2D eigenvalue weighted by molar-refractivity contribution is -0.248. The summed E-state index contributed by atoms with van der Waals surface area (Å²) in [7, 11) is 1.61. The molecule has 0 N–H and O–H groups in total. The fraction of sp³-hybridized carbons (Fsp3) is 0.917. The molecule has 7 heteroatoms. The van der Waals surface area contributed by atoms with Crippen molar-refractivity contribution in [3.63, 3.8) is 0 Å². The molecule has 0 saturated carbocycles. The van der Waals surface area contributed by atoms with Crippen LogP contribution in [-0.2, 0) is 14.4 Å². The number of alkyl halides is 3. The third-order valence-corrected chi connectivity index (χ3v) is 3.29. The fourth-order valence-electron chi connectivity index (χ4n) is 2.39. The van der Waals surface area contributed by atoms with E-state index in [4.69, 9.17) is 4.74 Å². The molecule has 1 heterocycles. The van der Waals surface area contributed by atoms with E-state index in [2.05, 4.69) is 18.7 Å². The quantitative estimate of drug-likeness (QED) is 0.794. The van der Waals surface area contributed by atoms with Crippen LogP contribution in [0.2, 0.25) is 0 Å². The highest BCUT2D eigenvalue weighted by molar-refractivity contribution is 5.75. The highest BCUT2D eigenvalue weighted by Crippen LogP contribution is 2.32. The van der Waals surface area contributed by atoms with E-state index >= 15 is 0 Å². The Bertz CT molecular complexity index is 310. The minimum absolute atomic E-state index is 0.252. The molecule has 0 atom stereocenters. The molecule has 0 aromatic rings. The number of nitrogens with zero attached hydrogens (tertiary/aromatic N) is 1. The second-order valence-corrected chi connectivity index (χ2v) is 5.29. The van der Waals surface area contributed by atoms with Crippen LogP contribution in [0.15, 0.2) is 0 Å². The van der Waals surface area contributed by atoms with E-state index < -0.39 is 12.1 Å². The maximum Gasteiger partial charge on any atom is 0.492 e. The summed E-state index contributed by atoms with van der Waals surface area (Å²) in [5, 5.41) is 1.06. The molecular formula is C12H20F3NO3. The minimum Gasteiger partial charge on any atom is -0.378 e. The van der Waals surface area contributed by atoms with Crippen LogP contribution in [0.25, 0.3) is 0 Å². The monoisotopic (exact) mass is 283 g/mol. The Morgan fingerprint density at radius 3 is 2.21 bits per heavy atom. The number of ether oxygens (including phenoxy) is 1. The largest absolute Gasteiger partial charge is 0.492 e. The summed E-state index contributed by atoms with van der Waals surface area (Å²) in [6.45, 7) is 4.64. The second kappa shape index (κ2) is 6.09. The minimum atomic E-state index is -4.95. The normalized spacial score (nSPS) is 20.6. The van der Waals surface area contributed by atoms with E-state index in [1.165, 1.54) is 0 Å². The second-order valence-electron chi connectivity index (χ2n) is 5.29. The first kappa shape index (κ1) is 16.2. The lowest BCUT2D eigenvalue weighted by Crippen LogP contribution is -2.48. The van der Waals surface area contributed by atoms with Crippen LogP contribution >= 0.6 is 0 Å². The Labute approximate surface area is 110 Å². The first-order valence-electron chi connectivity index (χ1n) is 6.28. The van der Waals surface area contributed by atoms with Gasteiger partial charge in [0.1, 0.15) is 0 Å². The molecule has 1 saturated heterocycles. The van der Waals surface area contributed by atoms with E-state index in [1.54, 1.807) is 7.11 Å². The SMILES string of the molecule is COC1(CC(C)C)CCN(OC(=O)C(F)(F)F)CC1. The molecule has 19 heavy (non-hydrogen) atoms. The third kappa shape index (κ3) is 4.65. The van der Waals surface area contributed by atoms with Gasteiger partial charge >= 0.3 is 12.1 Å². The summed E-state index contributed by atoms with van der Waals surface area (Å²) >= 11 is 0. The van der Waals surface area contributed by atoms with Gasteiger partial charge in [0.15, 0.2) is 0 Å². The molecule has 1 aliphatic heterocycles. The molecule has 0 aliphatic carbocycles. The van der Waals surface area contributed by atoms with E-state index in [0.717, 1.165) is 11.5 Å². The average molecular weight is 283 g/mol. The molecule has 0 bridgehead atoms. The molecule has 112 valence electrons. The molecule has 0 unspecified atom stereocenters. The maximum absolute atomic E-state index is 12.1. The van der Waals surface area contributed by atoms with Crippen LogP contribution in [0.5, 0.6) is 0 Å². The van der Waals surface area contributed by atoms with E-state index in [-0.39, 0.29) is 18.7 Å². The van der Waals surface area contributed by atoms with Gasteiger partial charge in [0.2, 0.25) is 0 Å². The molecule has 4 nitrogen and oxygen atoms in total. The first-order chi connectivity index (χ1) is 8.68. The Morgan fingerprint density at radius 1 is 1.32 bits per heavy atom. The van der Waals surface area contributed by atoms with Crippen molar-refractivity contribution in [2.75, 3.05) is 20.2 Å². The zero-order valence-electron chi connectivity index (χ0n) is 11.4. The predicted octanol–water partition coefficient (Wildman–Crippen LogP) is 2.53. The summed E-state index contributed by atoms with van der Waals surface area (Å²) in [4.78, 5) is 15.0. The standard InChI is InChI=1S/C12H20F3NO3/c1-9(2)8-11(18-3)4-6-16(7-5-11)19-10(17)12(13,14)15/h9H,4-8H2,1-3H3. The van der Waals surface area contributed by atoms with Gasteiger partial charge in [-0.15, -0.1) is 5.06 Å². The van der Waals surface area contributed by atoms with Gasteiger partial charge in [-0.2, -0.15) is 13.2 Å². The average Bonchev–Trinajstić information content (AvgIpc) is 2.30. The number of methoxy groups -OCH3 is 1. The van der Waals surface area contributed by atoms with Crippen molar-refractivity contribution in [3.8, 4) is 0 Å². The van der Waals surface area contributed by atoms with Crippen LogP contribution in [0.1, 0.15) is 33.1 Å². The Kier molecular flexibility index (Phi) is 5.20. The number of piperidine rings is 1. The Hall–Kier alpha value is -0.820. The number of carbonyl (C=O) groups is 1. The highest BCUT2D eigenvalue weighted by atomic mass is 19.4. The lowest BCUT2D eigenvalue weighted by Gasteiger charge is -2.40. The van der Waals surface area contributed by atoms with Gasteiger partial charge in [0.25, 0.3) is 0 Å². The molecule has 0 spiro atoms. The highest BCUT2D eigenvalue weighted by Gasteiger charge is 2.44. The third-order valence-electron chi connectivity index (χ3n) is 3.29. The van der Waals surface area contributed by atoms with E-state index in [0.29, 0.717) is 18.8 Å². The van der Waals surface area contributed by atoms with E-state index in [9.17, 15) is 18.0 Å². The summed E-state index contributed by atoms with van der Waals surface area (Å²) in [6, 6.07) is 0. The maximum atomic E-state index is 12.1. The van der Waals surface area contributed by atoms with Gasteiger partial charge in [-0.25, -0.2) is 4.79 Å². The molecule has 1 rings (SSSR count). The van der Waals surface area contributed by atoms with Crippen molar-refractivity contribution in [3.05, 3.63) is 0 Å². The van der Waals surface area contributed by atoms with E-state index in [1.807, 2.05) is 0 Å². The number of hydrogen-bond acceptors (Lipinski definition) is 4. The molecular weight excluding hydrogens is 263 g/mol. The van der Waals surface area contributed by atoms with Gasteiger partial charge in [-0.1, -0.05) is 13.8 Å². The fourth-order valence-corrected chi connectivity index (χ4v) is 2.39. The summed E-state index contributed by atoms with van der Waals surface area (Å²) in [5.41, 5.74) is -0.324. The zero-order chi connectivity index (χ0) is 14.7. The first-order valence-corrected chi connectivity index (χ1v) is 6.28. The van der Waals surface area contributed by atoms with Crippen molar-refractivity contribution in [2.45, 2.75) is 44.9 Å². The molecule has 1 fully saturated rings. The van der Waals surface area contributed by atoms with Gasteiger partial charge in [0.05, 0.1) is 5.60 Å². The smallest absolute Gasteiger partial charge is 0.378 e. The molecule has 1 aliphatic rings. The molecule has 0 aromatic heterocycles. The number of carbonyl (C=O) groups excluding carboxylic acids is 1. The zero-order valence-corrected chi connectivity index (χ0v) is 11.4. The molecule has 0 amide bonds. The van der Waals surface area contributed by atoms with Crippen molar-refractivity contribution < 1.29 is 27.5 Å². The van der Waals surface area contributed by atoms with Crippen molar-refractivity contribution in [1.82, 2.24) is 5.06 Å². The van der Waals surface area contributed by atoms with Crippen molar-refractivity contribution in [1.29, 1.82) is 0 Å². The molecule has 0 aromatic carbocycles. The van der Waals surface area contributed by atoms with Crippen LogP contribution in [0, 0.1) is 5.92 Å². The van der Waals surface area contributed by atoms with Crippen LogP contribution in [0.3, 0.4) is 0 Å².